The Morgan fingerprint density at radius 2 is 0.631 bits per heavy atom. The average molecular weight is 1440 g/mol. The Hall–Kier alpha value is -9.04. The molecule has 0 aliphatic heterocycles. The van der Waals surface area contributed by atoms with Gasteiger partial charge in [0.1, 0.15) is 45.2 Å². The van der Waals surface area contributed by atoms with Gasteiger partial charge in [-0.1, -0.05) is 156 Å². The Balaban J connectivity index is 0.848. The highest BCUT2D eigenvalue weighted by Crippen LogP contribution is 2.55. The third-order valence-corrected chi connectivity index (χ3v) is 22.7. The second-order valence-corrected chi connectivity index (χ2v) is 29.8. The van der Waals surface area contributed by atoms with Gasteiger partial charge in [-0.15, -0.1) is 22.7 Å². The molecule has 0 fully saturated rings. The van der Waals surface area contributed by atoms with E-state index in [1.54, 1.807) is 0 Å². The number of anilines is 6. The quantitative estimate of drug-likeness (QED) is 0.0202. The van der Waals surface area contributed by atoms with E-state index >= 15 is 0 Å². The monoisotopic (exact) mass is 1440 g/mol. The minimum Gasteiger partial charge on any atom is -0.494 e. The Bertz CT molecular complexity index is 4350. The smallest absolute Gasteiger partial charge is 0.357 e. The molecule has 0 unspecified atom stereocenters. The summed E-state index contributed by atoms with van der Waals surface area (Å²) in [5, 5.41) is 29.4. The van der Waals surface area contributed by atoms with Crippen molar-refractivity contribution < 1.29 is 28.8 Å². The van der Waals surface area contributed by atoms with Crippen molar-refractivity contribution in [1.29, 1.82) is 0 Å². The summed E-state index contributed by atoms with van der Waals surface area (Å²) in [6.07, 6.45) is 28.7. The maximum Gasteiger partial charge on any atom is 0.357 e. The Labute approximate surface area is 617 Å². The zero-order chi connectivity index (χ0) is 71.6. The van der Waals surface area contributed by atoms with Crippen LogP contribution in [0, 0.1) is 20.2 Å². The summed E-state index contributed by atoms with van der Waals surface area (Å²) < 4.78 is 40.4. The van der Waals surface area contributed by atoms with Gasteiger partial charge in [-0.05, 0) is 171 Å². The van der Waals surface area contributed by atoms with Crippen molar-refractivity contribution in [3.8, 4) is 43.9 Å². The number of rotatable bonds is 42. The fourth-order valence-corrected chi connectivity index (χ4v) is 17.3. The summed E-state index contributed by atoms with van der Waals surface area (Å²) in [7, 11) is 3.98. The molecule has 0 bridgehead atoms. The molecule has 540 valence electrons. The van der Waals surface area contributed by atoms with Gasteiger partial charge in [-0.2, -0.15) is 8.75 Å². The number of benzene rings is 7. The third-order valence-electron chi connectivity index (χ3n) is 19.8. The van der Waals surface area contributed by atoms with Crippen molar-refractivity contribution in [3.05, 3.63) is 166 Å². The molecule has 16 nitrogen and oxygen atoms in total. The van der Waals surface area contributed by atoms with E-state index in [2.05, 4.69) is 132 Å². The minimum absolute atomic E-state index is 0.0782. The highest BCUT2D eigenvalue weighted by molar-refractivity contribution is 7.24. The minimum atomic E-state index is -0.619. The Morgan fingerprint density at radius 3 is 0.913 bits per heavy atom. The van der Waals surface area contributed by atoms with Crippen molar-refractivity contribution in [2.75, 3.05) is 36.2 Å². The number of fused-ring (bicyclic) bond motifs is 7. The summed E-state index contributed by atoms with van der Waals surface area (Å²) in [5.41, 5.74) is 8.59. The number of hydrogen-bond acceptors (Lipinski definition) is 15. The number of ether oxygens (including phenoxy) is 4. The second kappa shape index (κ2) is 35.9. The summed E-state index contributed by atoms with van der Waals surface area (Å²) >= 11 is 3.61. The summed E-state index contributed by atoms with van der Waals surface area (Å²) in [6, 6.07) is 49.6. The highest BCUT2D eigenvalue weighted by atomic mass is 32.1. The normalized spacial score (nSPS) is 11.7. The van der Waals surface area contributed by atoms with Gasteiger partial charge in [0.15, 0.2) is 0 Å². The van der Waals surface area contributed by atoms with Crippen LogP contribution in [-0.2, 0) is 14.1 Å². The number of nitro groups is 2. The standard InChI is InChI=1S/C84H98N8O8S3/c1-7-11-15-19-23-27-51-97-65-41-31-59(32-42-65)89(60-33-43-66(44-34-60)98-52-28-24-20-16-12-8-2)63-39-49-69-71(55-63)87(5)73-57-75(101-83(69)73)77-79-80(86-103-85-79)78(82(92(95)96)81(77)91(93)94)76-58-74-84(102-76)70-50-40-64(56-72(70)88(74)6)90(61-35-45-67(46-36-61)99-53-29-25-21-17-13-9-3)62-37-47-68(48-38-62)100-54-30-26-22-18-14-10-4/h31-50,55-58H,7-30,51-54H2,1-6H3. The zero-order valence-electron chi connectivity index (χ0n) is 60.7. The van der Waals surface area contributed by atoms with Crippen LogP contribution in [0.5, 0.6) is 23.0 Å². The number of hydrogen-bond donors (Lipinski definition) is 0. The van der Waals surface area contributed by atoms with Gasteiger partial charge in [0, 0.05) is 68.7 Å². The zero-order valence-corrected chi connectivity index (χ0v) is 63.2. The van der Waals surface area contributed by atoms with Gasteiger partial charge in [0.05, 0.1) is 79.5 Å². The highest BCUT2D eigenvalue weighted by Gasteiger charge is 2.40. The fourth-order valence-electron chi connectivity index (χ4n) is 14.2. The van der Waals surface area contributed by atoms with E-state index in [0.717, 1.165) is 162 Å². The van der Waals surface area contributed by atoms with E-state index in [1.165, 1.54) is 125 Å². The van der Waals surface area contributed by atoms with E-state index in [9.17, 15) is 20.2 Å². The number of thiophene rings is 2. The molecule has 103 heavy (non-hydrogen) atoms. The molecule has 0 saturated heterocycles. The van der Waals surface area contributed by atoms with Crippen LogP contribution < -0.4 is 28.7 Å². The summed E-state index contributed by atoms with van der Waals surface area (Å²) in [4.78, 5) is 31.7. The molecule has 0 aliphatic rings. The molecule has 0 N–H and O–H groups in total. The Morgan fingerprint density at radius 1 is 0.359 bits per heavy atom. The van der Waals surface area contributed by atoms with Crippen LogP contribution in [0.3, 0.4) is 0 Å². The molecule has 0 spiro atoms. The molecule has 0 atom stereocenters. The number of nitro benzene ring substituents is 2. The maximum atomic E-state index is 13.8. The van der Waals surface area contributed by atoms with Crippen molar-refractivity contribution in [2.24, 2.45) is 14.1 Å². The van der Waals surface area contributed by atoms with Crippen LogP contribution in [0.25, 0.3) is 74.2 Å². The molecule has 0 amide bonds. The van der Waals surface area contributed by atoms with Gasteiger partial charge < -0.3 is 37.9 Å². The lowest BCUT2D eigenvalue weighted by atomic mass is 10.0. The van der Waals surface area contributed by atoms with Crippen LogP contribution in [0.15, 0.2) is 146 Å². The molecule has 7 aromatic carbocycles. The second-order valence-electron chi connectivity index (χ2n) is 27.2. The first-order valence-corrected chi connectivity index (χ1v) is 40.0. The molecule has 5 aromatic heterocycles. The van der Waals surface area contributed by atoms with E-state index < -0.39 is 21.2 Å². The van der Waals surface area contributed by atoms with Crippen molar-refractivity contribution >= 4 is 133 Å². The molecular weight excluding hydrogens is 1350 g/mol. The first kappa shape index (κ1) is 73.7. The van der Waals surface area contributed by atoms with E-state index in [-0.39, 0.29) is 22.2 Å². The Kier molecular flexibility index (Phi) is 25.7. The van der Waals surface area contributed by atoms with Crippen LogP contribution in [-0.4, -0.2) is 54.2 Å². The first-order chi connectivity index (χ1) is 50.5. The SMILES string of the molecule is CCCCCCCCOc1ccc(N(c2ccc(OCCCCCCCC)cc2)c2ccc3c4sc(-c5c([N+](=O)[O-])c([N+](=O)[O-])c(-c6cc7c(s6)c6ccc(N(c8ccc(OCCCCCCCC)cc8)c8ccc(OCCCCCCCC)cc8)cc6n7C)c6nsnc56)cc4n(C)c3c2)cc1. The van der Waals surface area contributed by atoms with Crippen LogP contribution in [0.4, 0.5) is 45.5 Å². The van der Waals surface area contributed by atoms with Gasteiger partial charge in [0.25, 0.3) is 0 Å². The van der Waals surface area contributed by atoms with E-state index in [1.807, 2.05) is 74.8 Å². The van der Waals surface area contributed by atoms with Gasteiger partial charge in [-0.3, -0.25) is 20.2 Å². The summed E-state index contributed by atoms with van der Waals surface area (Å²) in [5.74, 6) is 3.31. The maximum absolute atomic E-state index is 13.8. The van der Waals surface area contributed by atoms with Crippen molar-refractivity contribution in [1.82, 2.24) is 17.9 Å². The molecule has 19 heteroatoms. The lowest BCUT2D eigenvalue weighted by molar-refractivity contribution is -0.421. The fraction of sp³-hybridized carbons (Fsp3) is 0.405. The van der Waals surface area contributed by atoms with Crippen LogP contribution in [0.1, 0.15) is 182 Å². The summed E-state index contributed by atoms with van der Waals surface area (Å²) in [6.45, 7) is 11.6. The van der Waals surface area contributed by atoms with Crippen LogP contribution in [0.2, 0.25) is 0 Å². The number of nitrogens with zero attached hydrogens (tertiary/aromatic N) is 8. The van der Waals surface area contributed by atoms with Crippen molar-refractivity contribution in [2.45, 2.75) is 182 Å². The number of unbranched alkanes of at least 4 members (excludes halogenated alkanes) is 20. The predicted molar refractivity (Wildman–Crippen MR) is 430 cm³/mol. The molecule has 5 heterocycles. The number of aryl methyl sites for hydroxylation is 2. The molecule has 0 aliphatic carbocycles. The average Bonchev–Trinajstić information content (AvgIpc) is 1.61. The molecule has 0 radical (unpaired) electrons. The van der Waals surface area contributed by atoms with E-state index in [0.29, 0.717) is 36.2 Å². The lowest BCUT2D eigenvalue weighted by Gasteiger charge is -2.26. The topological polar surface area (TPSA) is 165 Å². The van der Waals surface area contributed by atoms with Crippen LogP contribution >= 0.6 is 34.4 Å². The van der Waals surface area contributed by atoms with Crippen molar-refractivity contribution in [3.63, 3.8) is 0 Å². The molecular formula is C84H98N8O8S3. The molecule has 12 aromatic rings. The van der Waals surface area contributed by atoms with Gasteiger partial charge in [0.2, 0.25) is 0 Å². The predicted octanol–water partition coefficient (Wildman–Crippen LogP) is 26.2. The molecule has 0 saturated carbocycles. The van der Waals surface area contributed by atoms with Gasteiger partial charge >= 0.3 is 11.4 Å². The van der Waals surface area contributed by atoms with E-state index in [4.69, 9.17) is 27.7 Å². The first-order valence-electron chi connectivity index (χ1n) is 37.7. The largest absolute Gasteiger partial charge is 0.494 e. The number of aromatic nitrogens is 4. The van der Waals surface area contributed by atoms with Gasteiger partial charge in [-0.25, -0.2) is 0 Å². The third kappa shape index (κ3) is 17.3. The molecule has 12 rings (SSSR count). The lowest BCUT2D eigenvalue weighted by Crippen LogP contribution is -2.10.